The van der Waals surface area contributed by atoms with E-state index in [0.29, 0.717) is 5.69 Å². The van der Waals surface area contributed by atoms with Gasteiger partial charge in [-0.3, -0.25) is 4.79 Å². The molecule has 6 heteroatoms. The largest absolute Gasteiger partial charge is 0.464 e. The fourth-order valence-corrected chi connectivity index (χ4v) is 1.61. The Morgan fingerprint density at radius 2 is 2.11 bits per heavy atom. The van der Waals surface area contributed by atoms with E-state index >= 15 is 0 Å². The van der Waals surface area contributed by atoms with E-state index < -0.39 is 17.2 Å². The van der Waals surface area contributed by atoms with Crippen LogP contribution in [-0.4, -0.2) is 22.9 Å². The van der Waals surface area contributed by atoms with Crippen molar-refractivity contribution in [3.63, 3.8) is 0 Å². The number of halogens is 1. The molecule has 2 aromatic rings. The molecular formula is C13H11FN2O3. The summed E-state index contributed by atoms with van der Waals surface area (Å²) in [5.41, 5.74) is 0.323. The Bertz CT molecular complexity index is 695. The highest BCUT2D eigenvalue weighted by atomic mass is 19.1. The van der Waals surface area contributed by atoms with E-state index in [2.05, 4.69) is 9.84 Å². The highest BCUT2D eigenvalue weighted by Crippen LogP contribution is 2.13. The second kappa shape index (κ2) is 5.01. The van der Waals surface area contributed by atoms with Crippen LogP contribution in [0, 0.1) is 12.7 Å². The first-order valence-corrected chi connectivity index (χ1v) is 5.48. The number of rotatable bonds is 2. The lowest BCUT2D eigenvalue weighted by atomic mass is 10.2. The summed E-state index contributed by atoms with van der Waals surface area (Å²) < 4.78 is 19.0. The molecule has 0 bridgehead atoms. The predicted molar refractivity (Wildman–Crippen MR) is 65.9 cm³/mol. The van der Waals surface area contributed by atoms with Gasteiger partial charge in [0.25, 0.3) is 0 Å². The van der Waals surface area contributed by atoms with Gasteiger partial charge in [0, 0.05) is 12.3 Å². The van der Waals surface area contributed by atoms with E-state index in [1.165, 1.54) is 29.1 Å². The first kappa shape index (κ1) is 12.9. The Labute approximate surface area is 108 Å². The van der Waals surface area contributed by atoms with Gasteiger partial charge in [0.05, 0.1) is 12.8 Å². The maximum absolute atomic E-state index is 13.2. The summed E-state index contributed by atoms with van der Waals surface area (Å²) in [6.07, 6.45) is 1.37. The third kappa shape index (κ3) is 2.52. The van der Waals surface area contributed by atoms with Gasteiger partial charge in [0.2, 0.25) is 11.1 Å². The topological polar surface area (TPSA) is 61.2 Å². The van der Waals surface area contributed by atoms with E-state index in [0.717, 1.165) is 12.7 Å². The smallest absolute Gasteiger partial charge is 0.362 e. The molecule has 0 aliphatic carbocycles. The summed E-state index contributed by atoms with van der Waals surface area (Å²) in [5.74, 6) is -1.26. The molecule has 0 saturated carbocycles. The molecule has 1 aromatic heterocycles. The standard InChI is InChI=1S/C13H11FN2O3/c1-8-3-4-9(14)7-10(8)16-6-5-11(17)12(15-16)13(18)19-2/h3-7H,1-2H3. The number of carbonyl (C=O) groups is 1. The molecule has 0 fully saturated rings. The Morgan fingerprint density at radius 3 is 2.79 bits per heavy atom. The Hall–Kier alpha value is -2.50. The highest BCUT2D eigenvalue weighted by Gasteiger charge is 2.14. The fourth-order valence-electron chi connectivity index (χ4n) is 1.61. The van der Waals surface area contributed by atoms with Crippen molar-refractivity contribution in [2.24, 2.45) is 0 Å². The Kier molecular flexibility index (Phi) is 3.41. The molecule has 0 aliphatic rings. The van der Waals surface area contributed by atoms with E-state index in [4.69, 9.17) is 0 Å². The monoisotopic (exact) mass is 262 g/mol. The second-order valence-electron chi connectivity index (χ2n) is 3.90. The van der Waals surface area contributed by atoms with Gasteiger partial charge in [0.15, 0.2) is 0 Å². The summed E-state index contributed by atoms with van der Waals surface area (Å²) in [4.78, 5) is 22.9. The number of aromatic nitrogens is 2. The predicted octanol–water partition coefficient (Wildman–Crippen LogP) is 1.47. The number of carbonyl (C=O) groups excluding carboxylic acids is 1. The molecule has 0 atom stereocenters. The van der Waals surface area contributed by atoms with Gasteiger partial charge in [-0.2, -0.15) is 5.10 Å². The molecule has 0 amide bonds. The normalized spacial score (nSPS) is 10.3. The zero-order chi connectivity index (χ0) is 14.0. The minimum Gasteiger partial charge on any atom is -0.464 e. The number of aryl methyl sites for hydroxylation is 1. The maximum Gasteiger partial charge on any atom is 0.362 e. The van der Waals surface area contributed by atoms with E-state index in [1.54, 1.807) is 13.0 Å². The van der Waals surface area contributed by atoms with Crippen LogP contribution in [0.4, 0.5) is 4.39 Å². The van der Waals surface area contributed by atoms with Gasteiger partial charge < -0.3 is 4.74 Å². The van der Waals surface area contributed by atoms with Crippen molar-refractivity contribution in [2.45, 2.75) is 6.92 Å². The highest BCUT2D eigenvalue weighted by molar-refractivity contribution is 5.86. The molecule has 0 N–H and O–H groups in total. The van der Waals surface area contributed by atoms with Gasteiger partial charge in [-0.1, -0.05) is 6.07 Å². The van der Waals surface area contributed by atoms with Gasteiger partial charge >= 0.3 is 5.97 Å². The molecule has 0 saturated heterocycles. The van der Waals surface area contributed by atoms with Crippen molar-refractivity contribution in [3.8, 4) is 5.69 Å². The maximum atomic E-state index is 13.2. The summed E-state index contributed by atoms with van der Waals surface area (Å²) in [5, 5.41) is 3.88. The first-order valence-electron chi connectivity index (χ1n) is 5.48. The van der Waals surface area contributed by atoms with Crippen molar-refractivity contribution >= 4 is 5.97 Å². The summed E-state index contributed by atoms with van der Waals surface area (Å²) in [7, 11) is 1.16. The van der Waals surface area contributed by atoms with Crippen LogP contribution >= 0.6 is 0 Å². The van der Waals surface area contributed by atoms with E-state index in [1.807, 2.05) is 0 Å². The van der Waals surface area contributed by atoms with Crippen LogP contribution in [0.3, 0.4) is 0 Å². The van der Waals surface area contributed by atoms with Crippen molar-refractivity contribution in [3.05, 3.63) is 57.8 Å². The molecule has 0 spiro atoms. The third-order valence-corrected chi connectivity index (χ3v) is 2.60. The Morgan fingerprint density at radius 1 is 1.37 bits per heavy atom. The van der Waals surface area contributed by atoms with Crippen LogP contribution in [0.25, 0.3) is 5.69 Å². The molecule has 0 radical (unpaired) electrons. The zero-order valence-electron chi connectivity index (χ0n) is 10.4. The molecule has 19 heavy (non-hydrogen) atoms. The summed E-state index contributed by atoms with van der Waals surface area (Å²) in [6, 6.07) is 5.36. The van der Waals surface area contributed by atoms with Gasteiger partial charge in [0.1, 0.15) is 5.82 Å². The molecule has 2 rings (SSSR count). The number of benzene rings is 1. The van der Waals surface area contributed by atoms with Crippen LogP contribution in [0.2, 0.25) is 0 Å². The molecule has 0 aliphatic heterocycles. The minimum absolute atomic E-state index is 0.339. The number of hydrogen-bond donors (Lipinski definition) is 0. The van der Waals surface area contributed by atoms with Crippen molar-refractivity contribution in [1.82, 2.24) is 9.78 Å². The lowest BCUT2D eigenvalue weighted by molar-refractivity contribution is 0.0590. The number of methoxy groups -OCH3 is 1. The number of nitrogens with zero attached hydrogens (tertiary/aromatic N) is 2. The third-order valence-electron chi connectivity index (χ3n) is 2.60. The lowest BCUT2D eigenvalue weighted by Crippen LogP contribution is -2.21. The number of ether oxygens (including phenoxy) is 1. The van der Waals surface area contributed by atoms with Gasteiger partial charge in [-0.05, 0) is 24.6 Å². The number of esters is 1. The average molecular weight is 262 g/mol. The molecule has 5 nitrogen and oxygen atoms in total. The molecule has 1 aromatic carbocycles. The second-order valence-corrected chi connectivity index (χ2v) is 3.90. The van der Waals surface area contributed by atoms with Crippen LogP contribution in [-0.2, 0) is 4.74 Å². The summed E-state index contributed by atoms with van der Waals surface area (Å²) >= 11 is 0. The minimum atomic E-state index is -0.826. The van der Waals surface area contributed by atoms with E-state index in [-0.39, 0.29) is 5.69 Å². The molecule has 1 heterocycles. The van der Waals surface area contributed by atoms with Crippen molar-refractivity contribution < 1.29 is 13.9 Å². The first-order chi connectivity index (χ1) is 9.02. The average Bonchev–Trinajstić information content (AvgIpc) is 2.41. The quantitative estimate of drug-likeness (QED) is 0.769. The molecular weight excluding hydrogens is 251 g/mol. The fraction of sp³-hybridized carbons (Fsp3) is 0.154. The SMILES string of the molecule is COC(=O)c1nn(-c2cc(F)ccc2C)ccc1=O. The van der Waals surface area contributed by atoms with Crippen LogP contribution in [0.1, 0.15) is 16.1 Å². The van der Waals surface area contributed by atoms with Crippen LogP contribution < -0.4 is 5.43 Å². The van der Waals surface area contributed by atoms with Crippen LogP contribution in [0.15, 0.2) is 35.3 Å². The van der Waals surface area contributed by atoms with Crippen LogP contribution in [0.5, 0.6) is 0 Å². The summed E-state index contributed by atoms with van der Waals surface area (Å²) in [6.45, 7) is 1.77. The van der Waals surface area contributed by atoms with Gasteiger partial charge in [-0.25, -0.2) is 13.9 Å². The lowest BCUT2D eigenvalue weighted by Gasteiger charge is -2.09. The van der Waals surface area contributed by atoms with E-state index in [9.17, 15) is 14.0 Å². The van der Waals surface area contributed by atoms with Gasteiger partial charge in [-0.15, -0.1) is 0 Å². The Balaban J connectivity index is 2.61. The molecule has 0 unspecified atom stereocenters. The molecule has 98 valence electrons. The van der Waals surface area contributed by atoms with Crippen molar-refractivity contribution in [1.29, 1.82) is 0 Å². The van der Waals surface area contributed by atoms with Crippen molar-refractivity contribution in [2.75, 3.05) is 7.11 Å². The zero-order valence-corrected chi connectivity index (χ0v) is 10.4. The number of hydrogen-bond acceptors (Lipinski definition) is 4.